The first kappa shape index (κ1) is 15.5. The molecule has 1 saturated heterocycles. The number of halogens is 2. The van der Waals surface area contributed by atoms with Crippen LogP contribution in [-0.4, -0.2) is 17.9 Å². The minimum atomic E-state index is -0.608. The Morgan fingerprint density at radius 3 is 2.43 bits per heavy atom. The van der Waals surface area contributed by atoms with E-state index >= 15 is 0 Å². The van der Waals surface area contributed by atoms with Gasteiger partial charge in [-0.3, -0.25) is 14.5 Å². The number of nitrogens with zero attached hydrogens (tertiary/aromatic N) is 1. The van der Waals surface area contributed by atoms with Crippen LogP contribution in [0.25, 0.3) is 0 Å². The molecule has 0 saturated carbocycles. The summed E-state index contributed by atoms with van der Waals surface area (Å²) in [6.07, 6.45) is 0.714. The van der Waals surface area contributed by atoms with Gasteiger partial charge in [-0.25, -0.2) is 4.39 Å². The summed E-state index contributed by atoms with van der Waals surface area (Å²) in [7, 11) is 0. The van der Waals surface area contributed by atoms with Crippen LogP contribution in [0.3, 0.4) is 0 Å². The van der Waals surface area contributed by atoms with Gasteiger partial charge in [-0.2, -0.15) is 0 Å². The number of anilines is 2. The number of rotatable bonds is 3. The number of hydrogen-bond acceptors (Lipinski definition) is 2. The van der Waals surface area contributed by atoms with E-state index in [0.29, 0.717) is 22.8 Å². The third-order valence-electron chi connectivity index (χ3n) is 3.73. The highest BCUT2D eigenvalue weighted by Gasteiger charge is 2.37. The van der Waals surface area contributed by atoms with Crippen molar-refractivity contribution in [2.45, 2.75) is 18.9 Å². The van der Waals surface area contributed by atoms with Gasteiger partial charge in [-0.05, 0) is 55.0 Å². The van der Waals surface area contributed by atoms with Gasteiger partial charge >= 0.3 is 0 Å². The lowest BCUT2D eigenvalue weighted by atomic mass is 10.2. The smallest absolute Gasteiger partial charge is 0.247 e. The van der Waals surface area contributed by atoms with Crippen molar-refractivity contribution in [1.82, 2.24) is 0 Å². The molecule has 1 heterocycles. The van der Waals surface area contributed by atoms with Gasteiger partial charge in [0.05, 0.1) is 0 Å². The van der Waals surface area contributed by atoms with Crippen LogP contribution in [-0.2, 0) is 9.59 Å². The van der Waals surface area contributed by atoms with Crippen LogP contribution in [0.5, 0.6) is 0 Å². The maximum atomic E-state index is 13.1. The molecule has 0 spiro atoms. The van der Waals surface area contributed by atoms with Gasteiger partial charge in [0.25, 0.3) is 0 Å². The summed E-state index contributed by atoms with van der Waals surface area (Å²) < 4.78 is 13.1. The minimum absolute atomic E-state index is 0.145. The number of benzene rings is 2. The van der Waals surface area contributed by atoms with Crippen LogP contribution in [0.2, 0.25) is 5.02 Å². The van der Waals surface area contributed by atoms with E-state index < -0.39 is 6.04 Å². The molecule has 1 atom stereocenters. The van der Waals surface area contributed by atoms with E-state index in [0.717, 1.165) is 0 Å². The van der Waals surface area contributed by atoms with Crippen molar-refractivity contribution in [3.63, 3.8) is 0 Å². The first-order chi connectivity index (χ1) is 11.0. The molecule has 0 bridgehead atoms. The Kier molecular flexibility index (Phi) is 4.30. The lowest BCUT2D eigenvalue weighted by molar-refractivity contribution is -0.120. The van der Waals surface area contributed by atoms with Crippen molar-refractivity contribution in [2.24, 2.45) is 0 Å². The van der Waals surface area contributed by atoms with Crippen LogP contribution in [0.1, 0.15) is 12.8 Å². The molecule has 0 aliphatic carbocycles. The van der Waals surface area contributed by atoms with E-state index in [1.807, 2.05) is 0 Å². The molecule has 1 aliphatic rings. The molecule has 1 N–H and O–H groups in total. The molecule has 4 nitrogen and oxygen atoms in total. The molecular formula is C17H14ClFN2O2. The molecule has 2 aromatic carbocycles. The third kappa shape index (κ3) is 3.35. The molecule has 1 unspecified atom stereocenters. The van der Waals surface area contributed by atoms with Gasteiger partial charge in [0.2, 0.25) is 11.8 Å². The van der Waals surface area contributed by atoms with Crippen molar-refractivity contribution in [3.05, 3.63) is 59.4 Å². The van der Waals surface area contributed by atoms with Crippen molar-refractivity contribution in [2.75, 3.05) is 10.2 Å². The molecule has 6 heteroatoms. The average molecular weight is 333 g/mol. The maximum absolute atomic E-state index is 13.1. The lowest BCUT2D eigenvalue weighted by Gasteiger charge is -2.24. The van der Waals surface area contributed by atoms with E-state index in [4.69, 9.17) is 11.6 Å². The first-order valence-corrected chi connectivity index (χ1v) is 7.56. The molecule has 3 rings (SSSR count). The zero-order chi connectivity index (χ0) is 16.4. The van der Waals surface area contributed by atoms with Gasteiger partial charge in [0, 0.05) is 22.8 Å². The Balaban J connectivity index is 1.79. The molecule has 1 aliphatic heterocycles. The summed E-state index contributed by atoms with van der Waals surface area (Å²) in [4.78, 5) is 26.0. The summed E-state index contributed by atoms with van der Waals surface area (Å²) in [6.45, 7) is 0. The van der Waals surface area contributed by atoms with Gasteiger partial charge < -0.3 is 5.32 Å². The normalized spacial score (nSPS) is 17.4. The molecule has 23 heavy (non-hydrogen) atoms. The Morgan fingerprint density at radius 1 is 1.13 bits per heavy atom. The summed E-state index contributed by atoms with van der Waals surface area (Å²) in [5, 5.41) is 3.35. The molecular weight excluding hydrogens is 319 g/mol. The number of carbonyl (C=O) groups is 2. The number of carbonyl (C=O) groups excluding carboxylic acids is 2. The molecule has 0 aromatic heterocycles. The van der Waals surface area contributed by atoms with Crippen LogP contribution in [0.15, 0.2) is 48.5 Å². The number of amides is 2. The molecule has 118 valence electrons. The number of hydrogen-bond donors (Lipinski definition) is 1. The second-order valence-electron chi connectivity index (χ2n) is 5.29. The Bertz CT molecular complexity index is 731. The van der Waals surface area contributed by atoms with Crippen molar-refractivity contribution < 1.29 is 14.0 Å². The molecule has 2 amide bonds. The standard InChI is InChI=1S/C17H14ClFN2O2/c18-11-1-5-13(6-2-11)20-17(23)15-9-10-16(22)21(15)14-7-3-12(19)4-8-14/h1-8,15H,9-10H2,(H,20,23). The predicted octanol–water partition coefficient (Wildman–Crippen LogP) is 3.61. The quantitative estimate of drug-likeness (QED) is 0.933. The summed E-state index contributed by atoms with van der Waals surface area (Å²) in [5.74, 6) is -0.807. The SMILES string of the molecule is O=C(Nc1ccc(Cl)cc1)C1CCC(=O)N1c1ccc(F)cc1. The van der Waals surface area contributed by atoms with Crippen molar-refractivity contribution in [1.29, 1.82) is 0 Å². The summed E-state index contributed by atoms with van der Waals surface area (Å²) in [6, 6.07) is 11.7. The van der Waals surface area contributed by atoms with Gasteiger partial charge in [0.15, 0.2) is 0 Å². The lowest BCUT2D eigenvalue weighted by Crippen LogP contribution is -2.41. The summed E-state index contributed by atoms with van der Waals surface area (Å²) >= 11 is 5.81. The highest BCUT2D eigenvalue weighted by molar-refractivity contribution is 6.30. The van der Waals surface area contributed by atoms with Gasteiger partial charge in [0.1, 0.15) is 11.9 Å². The Labute approximate surface area is 137 Å². The van der Waals surface area contributed by atoms with Crippen LogP contribution < -0.4 is 10.2 Å². The van der Waals surface area contributed by atoms with E-state index in [2.05, 4.69) is 5.32 Å². The van der Waals surface area contributed by atoms with E-state index in [1.165, 1.54) is 29.2 Å². The van der Waals surface area contributed by atoms with E-state index in [9.17, 15) is 14.0 Å². The second kappa shape index (κ2) is 6.38. The van der Waals surface area contributed by atoms with Gasteiger partial charge in [-0.1, -0.05) is 11.6 Å². The van der Waals surface area contributed by atoms with E-state index in [-0.39, 0.29) is 24.1 Å². The zero-order valence-electron chi connectivity index (χ0n) is 12.1. The molecule has 1 fully saturated rings. The van der Waals surface area contributed by atoms with Crippen molar-refractivity contribution in [3.8, 4) is 0 Å². The predicted molar refractivity (Wildman–Crippen MR) is 87.0 cm³/mol. The zero-order valence-corrected chi connectivity index (χ0v) is 12.9. The van der Waals surface area contributed by atoms with Crippen LogP contribution in [0.4, 0.5) is 15.8 Å². The Morgan fingerprint density at radius 2 is 1.78 bits per heavy atom. The van der Waals surface area contributed by atoms with Crippen LogP contribution >= 0.6 is 11.6 Å². The third-order valence-corrected chi connectivity index (χ3v) is 3.98. The minimum Gasteiger partial charge on any atom is -0.324 e. The van der Waals surface area contributed by atoms with Crippen molar-refractivity contribution >= 4 is 34.8 Å². The van der Waals surface area contributed by atoms with Crippen LogP contribution in [0, 0.1) is 5.82 Å². The van der Waals surface area contributed by atoms with E-state index in [1.54, 1.807) is 24.3 Å². The molecule has 2 aromatic rings. The topological polar surface area (TPSA) is 49.4 Å². The number of nitrogens with one attached hydrogen (secondary N) is 1. The highest BCUT2D eigenvalue weighted by Crippen LogP contribution is 2.28. The largest absolute Gasteiger partial charge is 0.324 e. The maximum Gasteiger partial charge on any atom is 0.247 e. The second-order valence-corrected chi connectivity index (χ2v) is 5.73. The highest BCUT2D eigenvalue weighted by atomic mass is 35.5. The fourth-order valence-electron chi connectivity index (χ4n) is 2.62. The fraction of sp³-hybridized carbons (Fsp3) is 0.176. The fourth-order valence-corrected chi connectivity index (χ4v) is 2.74. The average Bonchev–Trinajstić information content (AvgIpc) is 2.92. The monoisotopic (exact) mass is 332 g/mol. The molecule has 0 radical (unpaired) electrons. The Hall–Kier alpha value is -2.40. The first-order valence-electron chi connectivity index (χ1n) is 7.18. The summed E-state index contributed by atoms with van der Waals surface area (Å²) in [5.41, 5.74) is 1.13. The van der Waals surface area contributed by atoms with Gasteiger partial charge in [-0.15, -0.1) is 0 Å².